The van der Waals surface area contributed by atoms with Crippen LogP contribution in [0.3, 0.4) is 0 Å². The van der Waals surface area contributed by atoms with E-state index in [9.17, 15) is 9.59 Å². The lowest BCUT2D eigenvalue weighted by Crippen LogP contribution is -2.25. The fraction of sp³-hybridized carbons (Fsp3) is 0.900. The topological polar surface area (TPSA) is 76.7 Å². The van der Waals surface area contributed by atoms with Crippen LogP contribution in [-0.4, -0.2) is 51.3 Å². The molecule has 1 fully saturated rings. The van der Waals surface area contributed by atoms with Crippen molar-refractivity contribution in [1.29, 1.82) is 0 Å². The standard InChI is InChI=1S/C20H38N2O4/c23-19-11-5-1-2-6-12-20(24)22-14-10-18-26-16-8-4-3-7-15-25-17-9-13-21-19/h1-18H2,(H,21,23)(H,22,24). The van der Waals surface area contributed by atoms with E-state index in [0.717, 1.165) is 77.4 Å². The number of ether oxygens (including phenoxy) is 2. The zero-order valence-electron chi connectivity index (χ0n) is 16.4. The van der Waals surface area contributed by atoms with Gasteiger partial charge in [-0.25, -0.2) is 0 Å². The molecule has 2 amide bonds. The molecule has 1 aliphatic rings. The minimum absolute atomic E-state index is 0.124. The minimum atomic E-state index is 0.124. The second kappa shape index (κ2) is 17.3. The van der Waals surface area contributed by atoms with Crippen LogP contribution in [0.1, 0.15) is 77.0 Å². The highest BCUT2D eigenvalue weighted by Crippen LogP contribution is 2.06. The summed E-state index contributed by atoms with van der Waals surface area (Å²) in [6.45, 7) is 4.41. The zero-order chi connectivity index (χ0) is 18.7. The second-order valence-electron chi connectivity index (χ2n) is 6.96. The van der Waals surface area contributed by atoms with Crippen molar-refractivity contribution in [2.24, 2.45) is 0 Å². The maximum Gasteiger partial charge on any atom is 0.219 e. The summed E-state index contributed by atoms with van der Waals surface area (Å²) < 4.78 is 11.2. The maximum absolute atomic E-state index is 11.7. The Morgan fingerprint density at radius 3 is 1.35 bits per heavy atom. The summed E-state index contributed by atoms with van der Waals surface area (Å²) in [5, 5.41) is 5.89. The molecule has 6 nitrogen and oxygen atoms in total. The molecule has 0 bridgehead atoms. The summed E-state index contributed by atoms with van der Waals surface area (Å²) in [7, 11) is 0. The van der Waals surface area contributed by atoms with Gasteiger partial charge in [-0.15, -0.1) is 0 Å². The Morgan fingerprint density at radius 2 is 0.885 bits per heavy atom. The Morgan fingerprint density at radius 1 is 0.500 bits per heavy atom. The van der Waals surface area contributed by atoms with Crippen LogP contribution in [-0.2, 0) is 19.1 Å². The maximum atomic E-state index is 11.7. The predicted octanol–water partition coefficient (Wildman–Crippen LogP) is 2.95. The molecule has 0 unspecified atom stereocenters. The van der Waals surface area contributed by atoms with Gasteiger partial charge < -0.3 is 20.1 Å². The Bertz CT molecular complexity index is 330. The molecule has 0 atom stereocenters. The van der Waals surface area contributed by atoms with Crippen LogP contribution >= 0.6 is 0 Å². The summed E-state index contributed by atoms with van der Waals surface area (Å²) in [5.41, 5.74) is 0. The van der Waals surface area contributed by atoms with Gasteiger partial charge in [-0.2, -0.15) is 0 Å². The molecule has 0 spiro atoms. The molecule has 0 radical (unpaired) electrons. The van der Waals surface area contributed by atoms with Crippen LogP contribution in [0.2, 0.25) is 0 Å². The van der Waals surface area contributed by atoms with Crippen molar-refractivity contribution in [2.45, 2.75) is 77.0 Å². The van der Waals surface area contributed by atoms with E-state index in [1.165, 1.54) is 0 Å². The van der Waals surface area contributed by atoms with Gasteiger partial charge in [0.15, 0.2) is 0 Å². The van der Waals surface area contributed by atoms with E-state index in [4.69, 9.17) is 9.47 Å². The second-order valence-corrected chi connectivity index (χ2v) is 6.96. The molecule has 152 valence electrons. The summed E-state index contributed by atoms with van der Waals surface area (Å²) >= 11 is 0. The number of nitrogens with one attached hydrogen (secondary N) is 2. The number of amides is 2. The molecule has 1 rings (SSSR count). The molecular weight excluding hydrogens is 332 g/mol. The lowest BCUT2D eigenvalue weighted by molar-refractivity contribution is -0.122. The van der Waals surface area contributed by atoms with Crippen LogP contribution in [0.25, 0.3) is 0 Å². The first-order valence-corrected chi connectivity index (χ1v) is 10.5. The highest BCUT2D eigenvalue weighted by Gasteiger charge is 2.03. The first-order chi connectivity index (χ1) is 12.8. The van der Waals surface area contributed by atoms with Gasteiger partial charge >= 0.3 is 0 Å². The molecule has 1 aliphatic heterocycles. The third-order valence-electron chi connectivity index (χ3n) is 4.46. The lowest BCUT2D eigenvalue weighted by Gasteiger charge is -2.08. The molecule has 0 aromatic heterocycles. The summed E-state index contributed by atoms with van der Waals surface area (Å²) in [6, 6.07) is 0. The van der Waals surface area contributed by atoms with E-state index in [0.29, 0.717) is 39.1 Å². The summed E-state index contributed by atoms with van der Waals surface area (Å²) in [5.74, 6) is 0.249. The molecule has 1 saturated heterocycles. The third kappa shape index (κ3) is 15.1. The van der Waals surface area contributed by atoms with Gasteiger partial charge in [0.25, 0.3) is 0 Å². The molecule has 2 N–H and O–H groups in total. The Kier molecular flexibility index (Phi) is 15.2. The fourth-order valence-corrected chi connectivity index (χ4v) is 2.87. The van der Waals surface area contributed by atoms with Gasteiger partial charge in [-0.05, 0) is 38.5 Å². The van der Waals surface area contributed by atoms with Gasteiger partial charge in [0, 0.05) is 52.4 Å². The van der Waals surface area contributed by atoms with Gasteiger partial charge in [-0.3, -0.25) is 9.59 Å². The highest BCUT2D eigenvalue weighted by atomic mass is 16.5. The number of hydrogen-bond acceptors (Lipinski definition) is 4. The number of carbonyl (C=O) groups is 2. The van der Waals surface area contributed by atoms with Crippen molar-refractivity contribution in [2.75, 3.05) is 39.5 Å². The number of rotatable bonds is 0. The SMILES string of the molecule is O=C1CCCCCCC(=O)NCCCOCCCCCCOCCCN1. The first-order valence-electron chi connectivity index (χ1n) is 10.5. The van der Waals surface area contributed by atoms with Crippen molar-refractivity contribution >= 4 is 11.8 Å². The highest BCUT2D eigenvalue weighted by molar-refractivity contribution is 5.76. The van der Waals surface area contributed by atoms with Crippen molar-refractivity contribution in [1.82, 2.24) is 10.6 Å². The van der Waals surface area contributed by atoms with Crippen molar-refractivity contribution in [3.05, 3.63) is 0 Å². The summed E-state index contributed by atoms with van der Waals surface area (Å²) in [6.07, 6.45) is 11.2. The molecule has 0 saturated carbocycles. The molecular formula is C20H38N2O4. The van der Waals surface area contributed by atoms with Crippen molar-refractivity contribution < 1.29 is 19.1 Å². The van der Waals surface area contributed by atoms with Crippen LogP contribution in [0.5, 0.6) is 0 Å². The van der Waals surface area contributed by atoms with E-state index in [1.807, 2.05) is 0 Å². The van der Waals surface area contributed by atoms with Gasteiger partial charge in [-0.1, -0.05) is 25.7 Å². The number of carbonyl (C=O) groups excluding carboxylic acids is 2. The number of hydrogen-bond donors (Lipinski definition) is 2. The van der Waals surface area contributed by atoms with E-state index in [2.05, 4.69) is 10.6 Å². The third-order valence-corrected chi connectivity index (χ3v) is 4.46. The molecule has 0 aromatic rings. The van der Waals surface area contributed by atoms with Crippen LogP contribution < -0.4 is 10.6 Å². The van der Waals surface area contributed by atoms with Gasteiger partial charge in [0.1, 0.15) is 0 Å². The predicted molar refractivity (Wildman–Crippen MR) is 103 cm³/mol. The normalized spacial score (nSPS) is 22.6. The van der Waals surface area contributed by atoms with Gasteiger partial charge in [0.05, 0.1) is 0 Å². The average molecular weight is 371 g/mol. The van der Waals surface area contributed by atoms with Gasteiger partial charge in [0.2, 0.25) is 11.8 Å². The molecule has 26 heavy (non-hydrogen) atoms. The molecule has 6 heteroatoms. The molecule has 0 aliphatic carbocycles. The van der Waals surface area contributed by atoms with E-state index < -0.39 is 0 Å². The molecule has 0 aromatic carbocycles. The Labute approximate surface area is 158 Å². The first kappa shape index (κ1) is 22.9. The van der Waals surface area contributed by atoms with E-state index in [1.54, 1.807) is 0 Å². The smallest absolute Gasteiger partial charge is 0.219 e. The van der Waals surface area contributed by atoms with Crippen molar-refractivity contribution in [3.63, 3.8) is 0 Å². The molecule has 1 heterocycles. The van der Waals surface area contributed by atoms with Crippen molar-refractivity contribution in [3.8, 4) is 0 Å². The van der Waals surface area contributed by atoms with Crippen LogP contribution in [0.15, 0.2) is 0 Å². The fourth-order valence-electron chi connectivity index (χ4n) is 2.87. The van der Waals surface area contributed by atoms with Crippen LogP contribution in [0.4, 0.5) is 0 Å². The average Bonchev–Trinajstić information content (AvgIpc) is 2.63. The quantitative estimate of drug-likeness (QED) is 0.687. The Hall–Kier alpha value is -1.14. The van der Waals surface area contributed by atoms with Crippen LogP contribution in [0, 0.1) is 0 Å². The largest absolute Gasteiger partial charge is 0.381 e. The van der Waals surface area contributed by atoms with E-state index >= 15 is 0 Å². The Balaban J connectivity index is 2.15. The summed E-state index contributed by atoms with van der Waals surface area (Å²) in [4.78, 5) is 23.4. The minimum Gasteiger partial charge on any atom is -0.381 e. The monoisotopic (exact) mass is 370 g/mol. The van der Waals surface area contributed by atoms with E-state index in [-0.39, 0.29) is 11.8 Å². The zero-order valence-corrected chi connectivity index (χ0v) is 16.4. The lowest BCUT2D eigenvalue weighted by atomic mass is 10.1.